The van der Waals surface area contributed by atoms with Gasteiger partial charge in [-0.05, 0) is 68.8 Å². The van der Waals surface area contributed by atoms with Gasteiger partial charge in [-0.3, -0.25) is 4.90 Å². The molecule has 0 amide bonds. The average Bonchev–Trinajstić information content (AvgIpc) is 2.63. The van der Waals surface area contributed by atoms with Gasteiger partial charge in [0.05, 0.1) is 5.37 Å². The molecule has 0 N–H and O–H groups in total. The minimum Gasteiger partial charge on any atom is -0.291 e. The van der Waals surface area contributed by atoms with E-state index in [1.165, 1.54) is 48.4 Å². The number of hydrogen-bond acceptors (Lipinski definition) is 2. The summed E-state index contributed by atoms with van der Waals surface area (Å²) in [6.45, 7) is 9.29. The number of thioether (sulfide) groups is 1. The first kappa shape index (κ1) is 18.5. The van der Waals surface area contributed by atoms with Gasteiger partial charge in [0.25, 0.3) is 0 Å². The number of rotatable bonds is 6. The fraction of sp³-hybridized carbons (Fsp3) is 0.478. The van der Waals surface area contributed by atoms with Crippen LogP contribution in [0.5, 0.6) is 0 Å². The molecule has 2 aromatic rings. The fourth-order valence-electron chi connectivity index (χ4n) is 3.69. The Morgan fingerprint density at radius 3 is 2.20 bits per heavy atom. The fourth-order valence-corrected chi connectivity index (χ4v) is 5.14. The Hall–Kier alpha value is -1.25. The molecule has 3 rings (SSSR count). The van der Waals surface area contributed by atoms with Crippen molar-refractivity contribution >= 4 is 11.8 Å². The molecule has 0 spiro atoms. The Morgan fingerprint density at radius 1 is 0.960 bits per heavy atom. The maximum atomic E-state index is 2.73. The van der Waals surface area contributed by atoms with Crippen molar-refractivity contribution in [2.24, 2.45) is 5.92 Å². The number of nitrogens with zero attached hydrogens (tertiary/aromatic N) is 1. The molecule has 0 radical (unpaired) electrons. The van der Waals surface area contributed by atoms with Gasteiger partial charge in [0, 0.05) is 4.90 Å². The summed E-state index contributed by atoms with van der Waals surface area (Å²) in [6, 6.07) is 20.1. The molecule has 1 atom stereocenters. The summed E-state index contributed by atoms with van der Waals surface area (Å²) in [7, 11) is 0. The van der Waals surface area contributed by atoms with Gasteiger partial charge in [-0.1, -0.05) is 61.9 Å². The third-order valence-electron chi connectivity index (χ3n) is 5.17. The molecular weight excluding hydrogens is 322 g/mol. The molecule has 0 aromatic heterocycles. The van der Waals surface area contributed by atoms with Crippen LogP contribution in [0.3, 0.4) is 0 Å². The lowest BCUT2D eigenvalue weighted by Gasteiger charge is -2.38. The zero-order chi connectivity index (χ0) is 17.6. The molecule has 0 aliphatic carbocycles. The second-order valence-corrected chi connectivity index (χ2v) is 8.99. The summed E-state index contributed by atoms with van der Waals surface area (Å²) in [5, 5.41) is 0.597. The van der Waals surface area contributed by atoms with Crippen molar-refractivity contribution in [2.75, 3.05) is 13.1 Å². The molecule has 0 bridgehead atoms. The molecule has 1 fully saturated rings. The highest BCUT2D eigenvalue weighted by molar-refractivity contribution is 7.99. The van der Waals surface area contributed by atoms with Crippen molar-refractivity contribution in [3.05, 3.63) is 65.7 Å². The van der Waals surface area contributed by atoms with E-state index in [9.17, 15) is 0 Å². The number of hydrogen-bond donors (Lipinski definition) is 0. The largest absolute Gasteiger partial charge is 0.291 e. The quantitative estimate of drug-likeness (QED) is 0.558. The molecule has 1 aliphatic rings. The van der Waals surface area contributed by atoms with Crippen LogP contribution in [0.4, 0.5) is 0 Å². The van der Waals surface area contributed by atoms with Gasteiger partial charge in [-0.2, -0.15) is 0 Å². The highest BCUT2D eigenvalue weighted by atomic mass is 32.2. The Kier molecular flexibility index (Phi) is 6.61. The molecule has 2 heteroatoms. The minimum atomic E-state index is 0.597. The standard InChI is InChI=1S/C23H31NS/c1-18(2)17-23(25-22-11-9-19(3)10-12-22)24-15-13-21(14-16-24)20-7-5-4-6-8-20/h4-12,18,21,23H,13-17H2,1-3H3. The minimum absolute atomic E-state index is 0.597. The van der Waals surface area contributed by atoms with Gasteiger partial charge in [0.1, 0.15) is 0 Å². The molecular formula is C23H31NS. The summed E-state index contributed by atoms with van der Waals surface area (Å²) in [5.74, 6) is 1.47. The number of piperidine rings is 1. The monoisotopic (exact) mass is 353 g/mol. The normalized spacial score (nSPS) is 17.8. The Bertz CT molecular complexity index is 627. The molecule has 1 unspecified atom stereocenters. The van der Waals surface area contributed by atoms with Crippen molar-refractivity contribution < 1.29 is 0 Å². The lowest BCUT2D eigenvalue weighted by Crippen LogP contribution is -2.40. The predicted octanol–water partition coefficient (Wildman–Crippen LogP) is 6.34. The molecule has 1 aliphatic heterocycles. The summed E-state index contributed by atoms with van der Waals surface area (Å²) >= 11 is 2.06. The van der Waals surface area contributed by atoms with E-state index in [2.05, 4.69) is 92.0 Å². The molecule has 1 nitrogen and oxygen atoms in total. The maximum absolute atomic E-state index is 2.73. The SMILES string of the molecule is Cc1ccc(SC(CC(C)C)N2CCC(c3ccccc3)CC2)cc1. The molecule has 0 saturated carbocycles. The highest BCUT2D eigenvalue weighted by Gasteiger charge is 2.27. The van der Waals surface area contributed by atoms with Crippen LogP contribution in [0.15, 0.2) is 59.5 Å². The molecule has 1 heterocycles. The van der Waals surface area contributed by atoms with Crippen molar-refractivity contribution in [2.45, 2.75) is 56.2 Å². The smallest absolute Gasteiger partial charge is 0.0607 e. The molecule has 25 heavy (non-hydrogen) atoms. The topological polar surface area (TPSA) is 3.24 Å². The Balaban J connectivity index is 1.63. The van der Waals surface area contributed by atoms with Gasteiger partial charge < -0.3 is 0 Å². The van der Waals surface area contributed by atoms with Crippen LogP contribution in [-0.4, -0.2) is 23.4 Å². The van der Waals surface area contributed by atoms with E-state index in [4.69, 9.17) is 0 Å². The Labute approximate surface area is 157 Å². The van der Waals surface area contributed by atoms with Crippen LogP contribution in [0.2, 0.25) is 0 Å². The van der Waals surface area contributed by atoms with Crippen molar-refractivity contribution in [3.8, 4) is 0 Å². The molecule has 1 saturated heterocycles. The lowest BCUT2D eigenvalue weighted by atomic mass is 9.89. The van der Waals surface area contributed by atoms with E-state index >= 15 is 0 Å². The van der Waals surface area contributed by atoms with Crippen molar-refractivity contribution in [3.63, 3.8) is 0 Å². The predicted molar refractivity (Wildman–Crippen MR) is 110 cm³/mol. The average molecular weight is 354 g/mol. The van der Waals surface area contributed by atoms with Crippen molar-refractivity contribution in [1.29, 1.82) is 0 Å². The van der Waals surface area contributed by atoms with Gasteiger partial charge in [0.2, 0.25) is 0 Å². The van der Waals surface area contributed by atoms with E-state index in [-0.39, 0.29) is 0 Å². The van der Waals surface area contributed by atoms with Gasteiger partial charge in [-0.15, -0.1) is 11.8 Å². The van der Waals surface area contributed by atoms with E-state index < -0.39 is 0 Å². The molecule has 2 aromatic carbocycles. The van der Waals surface area contributed by atoms with Gasteiger partial charge in [0.15, 0.2) is 0 Å². The van der Waals surface area contributed by atoms with E-state index in [1.54, 1.807) is 0 Å². The van der Waals surface area contributed by atoms with Gasteiger partial charge in [-0.25, -0.2) is 0 Å². The maximum Gasteiger partial charge on any atom is 0.0607 e. The third-order valence-corrected chi connectivity index (χ3v) is 6.48. The molecule has 134 valence electrons. The summed E-state index contributed by atoms with van der Waals surface area (Å²) in [6.07, 6.45) is 3.83. The van der Waals surface area contributed by atoms with Crippen LogP contribution >= 0.6 is 11.8 Å². The van der Waals surface area contributed by atoms with Crippen LogP contribution in [-0.2, 0) is 0 Å². The van der Waals surface area contributed by atoms with E-state index in [0.29, 0.717) is 5.37 Å². The second kappa shape index (κ2) is 8.91. The number of likely N-dealkylation sites (tertiary alicyclic amines) is 1. The van der Waals surface area contributed by atoms with Crippen LogP contribution in [0.1, 0.15) is 50.2 Å². The number of benzene rings is 2. The van der Waals surface area contributed by atoms with Crippen LogP contribution < -0.4 is 0 Å². The Morgan fingerprint density at radius 2 is 1.60 bits per heavy atom. The summed E-state index contributed by atoms with van der Waals surface area (Å²) < 4.78 is 0. The van der Waals surface area contributed by atoms with Crippen LogP contribution in [0, 0.1) is 12.8 Å². The summed E-state index contributed by atoms with van der Waals surface area (Å²) in [4.78, 5) is 4.13. The van der Waals surface area contributed by atoms with Crippen LogP contribution in [0.25, 0.3) is 0 Å². The number of aryl methyl sites for hydroxylation is 1. The highest BCUT2D eigenvalue weighted by Crippen LogP contribution is 2.35. The summed E-state index contributed by atoms with van der Waals surface area (Å²) in [5.41, 5.74) is 2.86. The first-order valence-corrected chi connectivity index (χ1v) is 10.5. The second-order valence-electron chi connectivity index (χ2n) is 7.74. The lowest BCUT2D eigenvalue weighted by molar-refractivity contribution is 0.184. The van der Waals surface area contributed by atoms with Gasteiger partial charge >= 0.3 is 0 Å². The first-order valence-electron chi connectivity index (χ1n) is 9.64. The van der Waals surface area contributed by atoms with E-state index in [1.807, 2.05) is 0 Å². The zero-order valence-electron chi connectivity index (χ0n) is 15.8. The van der Waals surface area contributed by atoms with Crippen molar-refractivity contribution in [1.82, 2.24) is 4.90 Å². The third kappa shape index (κ3) is 5.36. The van der Waals surface area contributed by atoms with E-state index in [0.717, 1.165) is 11.8 Å². The zero-order valence-corrected chi connectivity index (χ0v) is 16.6. The first-order chi connectivity index (χ1) is 12.1.